The average Bonchev–Trinajstić information content (AvgIpc) is 3.61. The highest BCUT2D eigenvalue weighted by Crippen LogP contribution is 2.29. The predicted molar refractivity (Wildman–Crippen MR) is 142 cm³/mol. The highest BCUT2D eigenvalue weighted by molar-refractivity contribution is 6.30. The van der Waals surface area contributed by atoms with Gasteiger partial charge in [-0.1, -0.05) is 17.7 Å². The molecule has 0 saturated carbocycles. The fourth-order valence-corrected chi connectivity index (χ4v) is 5.12. The number of carbonyl (C=O) groups is 1. The van der Waals surface area contributed by atoms with Crippen LogP contribution in [-0.4, -0.2) is 51.6 Å². The number of pyridine rings is 1. The molecule has 6 rings (SSSR count). The van der Waals surface area contributed by atoms with Gasteiger partial charge in [0.2, 0.25) is 5.95 Å². The Morgan fingerprint density at radius 2 is 2.03 bits per heavy atom. The summed E-state index contributed by atoms with van der Waals surface area (Å²) in [6.07, 6.45) is 2.95. The lowest BCUT2D eigenvalue weighted by molar-refractivity contribution is 0.102. The standard InChI is InChI=1S/C27H24ClFN6O2/c1-15-24(34-8-7-20(13-34)37-2)5-6-25-30-23(14-35(15)25)26(36)33-27-31-21-4-3-16(11-22(21)32-27)17-9-18(28)12-19(29)10-17/h3-6,9-12,14,20H,7-8,13H2,1-2H3,(H2,31,32,33,36). The zero-order valence-electron chi connectivity index (χ0n) is 20.3. The number of fused-ring (bicyclic) bond motifs is 2. The molecule has 37 heavy (non-hydrogen) atoms. The monoisotopic (exact) mass is 518 g/mol. The smallest absolute Gasteiger partial charge is 0.278 e. The molecule has 8 nitrogen and oxygen atoms in total. The van der Waals surface area contributed by atoms with Gasteiger partial charge in [0, 0.05) is 37.1 Å². The van der Waals surface area contributed by atoms with Crippen LogP contribution < -0.4 is 10.2 Å². The Morgan fingerprint density at radius 3 is 2.81 bits per heavy atom. The van der Waals surface area contributed by atoms with Crippen molar-refractivity contribution in [3.05, 3.63) is 77.0 Å². The number of aromatic amines is 1. The van der Waals surface area contributed by atoms with Crippen molar-refractivity contribution in [3.63, 3.8) is 0 Å². The van der Waals surface area contributed by atoms with Crippen LogP contribution in [0.25, 0.3) is 27.8 Å². The number of amides is 1. The van der Waals surface area contributed by atoms with Crippen molar-refractivity contribution in [1.29, 1.82) is 0 Å². The Hall–Kier alpha value is -3.95. The van der Waals surface area contributed by atoms with Gasteiger partial charge in [-0.25, -0.2) is 14.4 Å². The van der Waals surface area contributed by atoms with Crippen molar-refractivity contribution in [2.75, 3.05) is 30.4 Å². The number of nitrogens with one attached hydrogen (secondary N) is 2. The van der Waals surface area contributed by atoms with E-state index in [1.54, 1.807) is 25.4 Å². The minimum Gasteiger partial charge on any atom is -0.380 e. The molecule has 0 bridgehead atoms. The molecule has 10 heteroatoms. The van der Waals surface area contributed by atoms with E-state index in [0.717, 1.165) is 36.5 Å². The van der Waals surface area contributed by atoms with Gasteiger partial charge in [0.25, 0.3) is 5.91 Å². The molecule has 0 radical (unpaired) electrons. The Kier molecular flexibility index (Phi) is 5.81. The molecule has 1 fully saturated rings. The molecule has 2 N–H and O–H groups in total. The van der Waals surface area contributed by atoms with E-state index in [-0.39, 0.29) is 17.7 Å². The van der Waals surface area contributed by atoms with Crippen molar-refractivity contribution >= 4 is 45.8 Å². The number of anilines is 2. The van der Waals surface area contributed by atoms with Crippen molar-refractivity contribution < 1.29 is 13.9 Å². The second kappa shape index (κ2) is 9.17. The fraction of sp³-hybridized carbons (Fsp3) is 0.222. The van der Waals surface area contributed by atoms with E-state index in [9.17, 15) is 9.18 Å². The normalized spacial score (nSPS) is 15.7. The van der Waals surface area contributed by atoms with E-state index in [1.807, 2.05) is 35.6 Å². The van der Waals surface area contributed by atoms with Crippen molar-refractivity contribution in [2.24, 2.45) is 0 Å². The minimum atomic E-state index is -0.408. The number of aryl methyl sites for hydroxylation is 1. The van der Waals surface area contributed by atoms with Crippen LogP contribution in [0.4, 0.5) is 16.0 Å². The minimum absolute atomic E-state index is 0.228. The van der Waals surface area contributed by atoms with Crippen LogP contribution in [0.2, 0.25) is 5.02 Å². The molecule has 0 aliphatic carbocycles. The molecule has 1 aliphatic rings. The van der Waals surface area contributed by atoms with Crippen molar-refractivity contribution in [3.8, 4) is 11.1 Å². The molecular formula is C27H24ClFN6O2. The molecule has 1 amide bonds. The van der Waals surface area contributed by atoms with Gasteiger partial charge in [0.05, 0.1) is 22.8 Å². The van der Waals surface area contributed by atoms with Gasteiger partial charge >= 0.3 is 0 Å². The van der Waals surface area contributed by atoms with Crippen LogP contribution in [0, 0.1) is 12.7 Å². The number of nitrogens with zero attached hydrogens (tertiary/aromatic N) is 4. The number of ether oxygens (including phenoxy) is 1. The van der Waals surface area contributed by atoms with Gasteiger partial charge in [-0.3, -0.25) is 10.1 Å². The largest absolute Gasteiger partial charge is 0.380 e. The number of imidazole rings is 2. The first-order valence-corrected chi connectivity index (χ1v) is 12.3. The highest BCUT2D eigenvalue weighted by Gasteiger charge is 2.24. The molecule has 1 saturated heterocycles. The maximum Gasteiger partial charge on any atom is 0.278 e. The summed E-state index contributed by atoms with van der Waals surface area (Å²) in [6, 6.07) is 13.8. The first-order valence-electron chi connectivity index (χ1n) is 11.9. The van der Waals surface area contributed by atoms with Gasteiger partial charge in [0.15, 0.2) is 0 Å². The van der Waals surface area contributed by atoms with Crippen LogP contribution in [0.1, 0.15) is 22.6 Å². The Labute approximate surface area is 217 Å². The summed E-state index contributed by atoms with van der Waals surface area (Å²) in [7, 11) is 1.74. The number of H-pyrrole nitrogens is 1. The number of rotatable bonds is 5. The quantitative estimate of drug-likeness (QED) is 0.323. The summed E-state index contributed by atoms with van der Waals surface area (Å²) in [5.74, 6) is -0.484. The maximum atomic E-state index is 13.8. The number of carbonyl (C=O) groups excluding carboxylic acids is 1. The molecule has 1 atom stereocenters. The van der Waals surface area contributed by atoms with Gasteiger partial charge in [-0.2, -0.15) is 0 Å². The van der Waals surface area contributed by atoms with E-state index in [0.29, 0.717) is 33.2 Å². The first-order chi connectivity index (χ1) is 17.9. The van der Waals surface area contributed by atoms with Gasteiger partial charge in [-0.05, 0) is 66.9 Å². The third-order valence-corrected chi connectivity index (χ3v) is 7.04. The Morgan fingerprint density at radius 1 is 1.16 bits per heavy atom. The summed E-state index contributed by atoms with van der Waals surface area (Å²) in [5.41, 5.74) is 5.87. The van der Waals surface area contributed by atoms with Crippen LogP contribution in [0.3, 0.4) is 0 Å². The molecule has 4 heterocycles. The lowest BCUT2D eigenvalue weighted by atomic mass is 10.1. The zero-order valence-corrected chi connectivity index (χ0v) is 21.0. The van der Waals surface area contributed by atoms with Gasteiger partial charge in [0.1, 0.15) is 17.2 Å². The van der Waals surface area contributed by atoms with E-state index in [4.69, 9.17) is 16.3 Å². The summed E-state index contributed by atoms with van der Waals surface area (Å²) in [6.45, 7) is 3.78. The summed E-state index contributed by atoms with van der Waals surface area (Å²) in [5, 5.41) is 3.12. The second-order valence-corrected chi connectivity index (χ2v) is 9.62. The van der Waals surface area contributed by atoms with E-state index < -0.39 is 5.82 Å². The number of benzene rings is 2. The molecule has 2 aromatic carbocycles. The predicted octanol–water partition coefficient (Wildman–Crippen LogP) is 5.46. The molecule has 1 aliphatic heterocycles. The Balaban J connectivity index is 1.24. The molecule has 3 aromatic heterocycles. The molecule has 0 spiro atoms. The topological polar surface area (TPSA) is 87.5 Å². The lowest BCUT2D eigenvalue weighted by Crippen LogP contribution is -2.23. The van der Waals surface area contributed by atoms with Crippen molar-refractivity contribution in [2.45, 2.75) is 19.4 Å². The lowest BCUT2D eigenvalue weighted by Gasteiger charge is -2.21. The highest BCUT2D eigenvalue weighted by atomic mass is 35.5. The van der Waals surface area contributed by atoms with Gasteiger partial charge in [-0.15, -0.1) is 0 Å². The number of hydrogen-bond acceptors (Lipinski definition) is 5. The van der Waals surface area contributed by atoms with Crippen LogP contribution >= 0.6 is 11.6 Å². The van der Waals surface area contributed by atoms with E-state index in [2.05, 4.69) is 25.2 Å². The summed E-state index contributed by atoms with van der Waals surface area (Å²) in [4.78, 5) is 27.4. The van der Waals surface area contributed by atoms with Crippen molar-refractivity contribution in [1.82, 2.24) is 19.4 Å². The third-order valence-electron chi connectivity index (χ3n) is 6.82. The number of hydrogen-bond donors (Lipinski definition) is 2. The van der Waals surface area contributed by atoms with E-state index >= 15 is 0 Å². The molecule has 1 unspecified atom stereocenters. The number of methoxy groups -OCH3 is 1. The first kappa shape index (κ1) is 23.4. The third kappa shape index (κ3) is 4.41. The molecular weight excluding hydrogens is 495 g/mol. The second-order valence-electron chi connectivity index (χ2n) is 9.18. The SMILES string of the molecule is COC1CCN(c2ccc3nc(C(=O)Nc4nc5ccc(-c6cc(F)cc(Cl)c6)cc5[nH]4)cn3c2C)C1. The number of halogens is 2. The van der Waals surface area contributed by atoms with Crippen LogP contribution in [0.5, 0.6) is 0 Å². The maximum absolute atomic E-state index is 13.8. The van der Waals surface area contributed by atoms with E-state index in [1.165, 1.54) is 12.1 Å². The molecule has 5 aromatic rings. The average molecular weight is 519 g/mol. The summed E-state index contributed by atoms with van der Waals surface area (Å²) >= 11 is 6.01. The van der Waals surface area contributed by atoms with Crippen LogP contribution in [-0.2, 0) is 4.74 Å². The summed E-state index contributed by atoms with van der Waals surface area (Å²) < 4.78 is 21.2. The van der Waals surface area contributed by atoms with Gasteiger partial charge < -0.3 is 19.0 Å². The Bertz CT molecular complexity index is 1640. The fourth-order valence-electron chi connectivity index (χ4n) is 4.90. The zero-order chi connectivity index (χ0) is 25.7. The molecule has 188 valence electrons. The van der Waals surface area contributed by atoms with Crippen LogP contribution in [0.15, 0.2) is 54.7 Å². The number of aromatic nitrogens is 4.